The third kappa shape index (κ3) is 3.81. The van der Waals surface area contributed by atoms with Crippen molar-refractivity contribution in [2.45, 2.75) is 6.54 Å². The SMILES string of the molecule is Cn1c(=O)[nH]c(=O)c2c1nc(NN=Cc1ccc(Br)cc1)n2Cc1ccccc1F. The predicted octanol–water partition coefficient (Wildman–Crippen LogP) is 2.82. The van der Waals surface area contributed by atoms with Crippen LogP contribution >= 0.6 is 15.9 Å². The molecular formula is C20H16BrFN6O2. The van der Waals surface area contributed by atoms with Gasteiger partial charge in [-0.3, -0.25) is 18.9 Å². The predicted molar refractivity (Wildman–Crippen MR) is 116 cm³/mol. The Balaban J connectivity index is 1.79. The quantitative estimate of drug-likeness (QED) is 0.346. The van der Waals surface area contributed by atoms with E-state index >= 15 is 0 Å². The van der Waals surface area contributed by atoms with Crippen LogP contribution in [-0.4, -0.2) is 25.3 Å². The fourth-order valence-corrected chi connectivity index (χ4v) is 3.25. The Kier molecular flexibility index (Phi) is 5.32. The normalized spacial score (nSPS) is 11.4. The van der Waals surface area contributed by atoms with E-state index in [1.165, 1.54) is 22.2 Å². The number of hydrogen-bond donors (Lipinski definition) is 2. The van der Waals surface area contributed by atoms with E-state index in [0.717, 1.165) is 10.0 Å². The molecular weight excluding hydrogens is 455 g/mol. The second-order valence-corrected chi connectivity index (χ2v) is 7.44. The molecule has 30 heavy (non-hydrogen) atoms. The first kappa shape index (κ1) is 19.8. The highest BCUT2D eigenvalue weighted by molar-refractivity contribution is 9.10. The average Bonchev–Trinajstić information content (AvgIpc) is 3.08. The summed E-state index contributed by atoms with van der Waals surface area (Å²) in [4.78, 5) is 31.1. The highest BCUT2D eigenvalue weighted by Crippen LogP contribution is 2.19. The molecule has 2 aromatic carbocycles. The first-order valence-electron chi connectivity index (χ1n) is 8.91. The Morgan fingerprint density at radius 2 is 1.93 bits per heavy atom. The van der Waals surface area contributed by atoms with E-state index in [1.807, 2.05) is 24.3 Å². The third-order valence-corrected chi connectivity index (χ3v) is 5.07. The van der Waals surface area contributed by atoms with Crippen LogP contribution < -0.4 is 16.7 Å². The number of fused-ring (bicyclic) bond motifs is 1. The fraction of sp³-hybridized carbons (Fsp3) is 0.100. The van der Waals surface area contributed by atoms with Crippen LogP contribution in [0.2, 0.25) is 0 Å². The molecule has 4 rings (SSSR count). The number of anilines is 1. The van der Waals surface area contributed by atoms with Crippen molar-refractivity contribution >= 4 is 39.3 Å². The number of H-pyrrole nitrogens is 1. The number of halogens is 2. The first-order chi connectivity index (χ1) is 14.4. The number of aryl methyl sites for hydroxylation is 1. The highest BCUT2D eigenvalue weighted by atomic mass is 79.9. The fourth-order valence-electron chi connectivity index (χ4n) is 2.98. The number of hydrogen-bond acceptors (Lipinski definition) is 5. The standard InChI is InChI=1S/C20H16BrFN6O2/c1-27-17-16(18(29)25-20(27)30)28(11-13-4-2-3-5-15(13)22)19(24-17)26-23-10-12-6-8-14(21)9-7-12/h2-10H,11H2,1H3,(H,24,26)(H,25,29,30). The number of nitrogens with one attached hydrogen (secondary N) is 2. The van der Waals surface area contributed by atoms with Gasteiger partial charge in [0, 0.05) is 17.1 Å². The molecule has 0 amide bonds. The summed E-state index contributed by atoms with van der Waals surface area (Å²) in [5, 5.41) is 4.18. The Hall–Kier alpha value is -3.53. The highest BCUT2D eigenvalue weighted by Gasteiger charge is 2.18. The molecule has 0 atom stereocenters. The van der Waals surface area contributed by atoms with Crippen molar-refractivity contribution in [1.82, 2.24) is 19.1 Å². The van der Waals surface area contributed by atoms with E-state index in [9.17, 15) is 14.0 Å². The van der Waals surface area contributed by atoms with Gasteiger partial charge in [0.1, 0.15) is 5.82 Å². The van der Waals surface area contributed by atoms with E-state index in [0.29, 0.717) is 5.56 Å². The second-order valence-electron chi connectivity index (χ2n) is 6.53. The Morgan fingerprint density at radius 3 is 2.67 bits per heavy atom. The van der Waals surface area contributed by atoms with E-state index in [-0.39, 0.29) is 23.7 Å². The van der Waals surface area contributed by atoms with Crippen LogP contribution in [0.4, 0.5) is 10.3 Å². The van der Waals surface area contributed by atoms with Crippen LogP contribution in [0.25, 0.3) is 11.2 Å². The van der Waals surface area contributed by atoms with E-state index < -0.39 is 17.1 Å². The maximum atomic E-state index is 14.2. The summed E-state index contributed by atoms with van der Waals surface area (Å²) in [7, 11) is 1.50. The maximum Gasteiger partial charge on any atom is 0.329 e. The van der Waals surface area contributed by atoms with Crippen molar-refractivity contribution < 1.29 is 4.39 Å². The van der Waals surface area contributed by atoms with Crippen molar-refractivity contribution in [2.24, 2.45) is 12.1 Å². The Bertz CT molecular complexity index is 1370. The third-order valence-electron chi connectivity index (χ3n) is 4.54. The van der Waals surface area contributed by atoms with Gasteiger partial charge in [0.25, 0.3) is 5.56 Å². The maximum absolute atomic E-state index is 14.2. The number of imidazole rings is 1. The Morgan fingerprint density at radius 1 is 1.20 bits per heavy atom. The van der Waals surface area contributed by atoms with Crippen molar-refractivity contribution in [3.8, 4) is 0 Å². The molecule has 0 bridgehead atoms. The minimum Gasteiger partial charge on any atom is -0.298 e. The van der Waals surface area contributed by atoms with E-state index in [4.69, 9.17) is 0 Å². The lowest BCUT2D eigenvalue weighted by atomic mass is 10.2. The molecule has 2 aromatic heterocycles. The summed E-state index contributed by atoms with van der Waals surface area (Å²) in [5.41, 5.74) is 3.11. The van der Waals surface area contributed by atoms with Crippen molar-refractivity contribution in [2.75, 3.05) is 5.43 Å². The lowest BCUT2D eigenvalue weighted by Crippen LogP contribution is -2.29. The lowest BCUT2D eigenvalue weighted by Gasteiger charge is -2.09. The number of aromatic amines is 1. The molecule has 4 aromatic rings. The molecule has 0 saturated heterocycles. The summed E-state index contributed by atoms with van der Waals surface area (Å²) < 4.78 is 17.9. The number of nitrogens with zero attached hydrogens (tertiary/aromatic N) is 4. The smallest absolute Gasteiger partial charge is 0.298 e. The van der Waals surface area contributed by atoms with Crippen LogP contribution in [0, 0.1) is 5.82 Å². The minimum atomic E-state index is -0.609. The molecule has 0 spiro atoms. The molecule has 0 aliphatic carbocycles. The van der Waals surface area contributed by atoms with Crippen LogP contribution in [-0.2, 0) is 13.6 Å². The van der Waals surface area contributed by atoms with Gasteiger partial charge >= 0.3 is 5.69 Å². The first-order valence-corrected chi connectivity index (χ1v) is 9.71. The number of benzene rings is 2. The van der Waals surface area contributed by atoms with Gasteiger partial charge in [0.15, 0.2) is 11.2 Å². The van der Waals surface area contributed by atoms with Gasteiger partial charge in [0.2, 0.25) is 5.95 Å². The van der Waals surface area contributed by atoms with Crippen LogP contribution in [0.5, 0.6) is 0 Å². The summed E-state index contributed by atoms with van der Waals surface area (Å²) in [6.45, 7) is 0.0284. The van der Waals surface area contributed by atoms with Crippen LogP contribution in [0.15, 0.2) is 67.7 Å². The van der Waals surface area contributed by atoms with Gasteiger partial charge in [-0.05, 0) is 23.8 Å². The molecule has 0 radical (unpaired) electrons. The summed E-state index contributed by atoms with van der Waals surface area (Å²) >= 11 is 3.37. The topological polar surface area (TPSA) is 97.1 Å². The summed E-state index contributed by atoms with van der Waals surface area (Å²) in [5.74, 6) is -0.210. The molecule has 8 nitrogen and oxygen atoms in total. The molecule has 0 saturated carbocycles. The van der Waals surface area contributed by atoms with E-state index in [2.05, 4.69) is 36.4 Å². The summed E-state index contributed by atoms with van der Waals surface area (Å²) in [6, 6.07) is 13.7. The number of aromatic nitrogens is 4. The molecule has 0 aliphatic heterocycles. The molecule has 152 valence electrons. The van der Waals surface area contributed by atoms with Gasteiger partial charge in [-0.15, -0.1) is 0 Å². The minimum absolute atomic E-state index is 0.0284. The van der Waals surface area contributed by atoms with Gasteiger partial charge in [-0.1, -0.05) is 46.3 Å². The van der Waals surface area contributed by atoms with Crippen LogP contribution in [0.1, 0.15) is 11.1 Å². The molecule has 0 aliphatic rings. The largest absolute Gasteiger partial charge is 0.329 e. The molecule has 2 N–H and O–H groups in total. The average molecular weight is 471 g/mol. The zero-order valence-electron chi connectivity index (χ0n) is 15.8. The number of rotatable bonds is 5. The number of hydrazone groups is 1. The monoisotopic (exact) mass is 470 g/mol. The second kappa shape index (κ2) is 8.07. The Labute approximate surface area is 177 Å². The van der Waals surface area contributed by atoms with Crippen molar-refractivity contribution in [3.05, 3.63) is 90.8 Å². The molecule has 0 unspecified atom stereocenters. The summed E-state index contributed by atoms with van der Waals surface area (Å²) in [6.07, 6.45) is 1.59. The van der Waals surface area contributed by atoms with Gasteiger partial charge < -0.3 is 0 Å². The van der Waals surface area contributed by atoms with Gasteiger partial charge in [-0.25, -0.2) is 14.6 Å². The van der Waals surface area contributed by atoms with Crippen molar-refractivity contribution in [3.63, 3.8) is 0 Å². The van der Waals surface area contributed by atoms with E-state index in [1.54, 1.807) is 24.4 Å². The van der Waals surface area contributed by atoms with Crippen LogP contribution in [0.3, 0.4) is 0 Å². The zero-order chi connectivity index (χ0) is 21.3. The van der Waals surface area contributed by atoms with Crippen molar-refractivity contribution in [1.29, 1.82) is 0 Å². The molecule has 0 fully saturated rings. The molecule has 10 heteroatoms. The van der Waals surface area contributed by atoms with Gasteiger partial charge in [-0.2, -0.15) is 10.1 Å². The molecule has 2 heterocycles. The van der Waals surface area contributed by atoms with Gasteiger partial charge in [0.05, 0.1) is 12.8 Å². The zero-order valence-corrected chi connectivity index (χ0v) is 17.4. The lowest BCUT2D eigenvalue weighted by molar-refractivity contribution is 0.602.